The van der Waals surface area contributed by atoms with Crippen LogP contribution in [0.15, 0.2) is 53.5 Å². The molecule has 5 aromatic rings. The fourth-order valence-corrected chi connectivity index (χ4v) is 5.75. The zero-order valence-corrected chi connectivity index (χ0v) is 21.7. The van der Waals surface area contributed by atoms with Crippen LogP contribution >= 0.6 is 11.3 Å². The van der Waals surface area contributed by atoms with Gasteiger partial charge >= 0.3 is 4.87 Å². The Hall–Kier alpha value is -3.69. The second-order valence-electron chi connectivity index (χ2n) is 9.58. The summed E-state index contributed by atoms with van der Waals surface area (Å²) in [6, 6.07) is 13.0. The summed E-state index contributed by atoms with van der Waals surface area (Å²) in [6.07, 6.45) is 2.48. The van der Waals surface area contributed by atoms with Crippen molar-refractivity contribution >= 4 is 21.7 Å². The number of halogens is 1. The monoisotopic (exact) mass is 515 g/mol. The molecule has 6 rings (SSSR count). The third-order valence-electron chi connectivity index (χ3n) is 6.86. The van der Waals surface area contributed by atoms with Crippen molar-refractivity contribution in [3.05, 3.63) is 92.2 Å². The highest BCUT2D eigenvalue weighted by atomic mass is 32.1. The number of hydrogen-bond acceptors (Lipinski definition) is 6. The summed E-state index contributed by atoms with van der Waals surface area (Å²) in [5, 5.41) is 4.78. The molecule has 0 atom stereocenters. The van der Waals surface area contributed by atoms with Gasteiger partial charge in [0.1, 0.15) is 5.82 Å². The van der Waals surface area contributed by atoms with Crippen LogP contribution in [-0.4, -0.2) is 30.9 Å². The first-order valence-electron chi connectivity index (χ1n) is 12.3. The van der Waals surface area contributed by atoms with Crippen molar-refractivity contribution in [1.29, 1.82) is 0 Å². The van der Waals surface area contributed by atoms with Gasteiger partial charge in [-0.25, -0.2) is 19.0 Å². The predicted octanol–water partition coefficient (Wildman–Crippen LogP) is 5.40. The van der Waals surface area contributed by atoms with Crippen molar-refractivity contribution < 1.29 is 9.13 Å². The van der Waals surface area contributed by atoms with Gasteiger partial charge in [-0.2, -0.15) is 5.10 Å². The Morgan fingerprint density at radius 3 is 2.73 bits per heavy atom. The van der Waals surface area contributed by atoms with E-state index in [0.29, 0.717) is 47.1 Å². The normalized spacial score (nSPS) is 13.4. The minimum atomic E-state index is -0.278. The Morgan fingerprint density at radius 1 is 1.16 bits per heavy atom. The second-order valence-corrected chi connectivity index (χ2v) is 10.6. The van der Waals surface area contributed by atoms with Crippen LogP contribution in [0.5, 0.6) is 0 Å². The van der Waals surface area contributed by atoms with Crippen LogP contribution in [0.25, 0.3) is 27.4 Å². The molecule has 0 bridgehead atoms. The number of ether oxygens (including phenoxy) is 1. The zero-order chi connectivity index (χ0) is 25.7. The number of fused-ring (bicyclic) bond motifs is 2. The van der Waals surface area contributed by atoms with E-state index in [1.165, 1.54) is 11.6 Å². The highest BCUT2D eigenvalue weighted by Crippen LogP contribution is 2.30. The average molecular weight is 516 g/mol. The smallest absolute Gasteiger partial charge is 0.309 e. The molecule has 0 saturated carbocycles. The topological polar surface area (TPSA) is 74.8 Å². The molecule has 0 spiro atoms. The van der Waals surface area contributed by atoms with Crippen molar-refractivity contribution in [2.45, 2.75) is 46.3 Å². The van der Waals surface area contributed by atoms with Crippen LogP contribution in [0.3, 0.4) is 0 Å². The Balaban J connectivity index is 1.34. The van der Waals surface area contributed by atoms with Gasteiger partial charge in [0.15, 0.2) is 11.5 Å². The van der Waals surface area contributed by atoms with E-state index in [1.54, 1.807) is 16.8 Å². The average Bonchev–Trinajstić information content (AvgIpc) is 3.40. The molecule has 1 aliphatic heterocycles. The van der Waals surface area contributed by atoms with Crippen LogP contribution < -0.4 is 4.87 Å². The summed E-state index contributed by atoms with van der Waals surface area (Å²) < 4.78 is 24.5. The number of thiazole rings is 1. The highest BCUT2D eigenvalue weighted by Gasteiger charge is 2.20. The van der Waals surface area contributed by atoms with E-state index >= 15 is 0 Å². The van der Waals surface area contributed by atoms with Crippen LogP contribution in [0.1, 0.15) is 47.8 Å². The molecule has 0 saturated heterocycles. The first kappa shape index (κ1) is 23.7. The van der Waals surface area contributed by atoms with Gasteiger partial charge in [-0.3, -0.25) is 9.36 Å². The summed E-state index contributed by atoms with van der Waals surface area (Å²) in [5.74, 6) is 0.106. The largest absolute Gasteiger partial charge is 0.376 e. The Kier molecular flexibility index (Phi) is 5.97. The molecular formula is C28H26FN5O2S. The van der Waals surface area contributed by atoms with Crippen molar-refractivity contribution in [3.63, 3.8) is 0 Å². The molecule has 37 heavy (non-hydrogen) atoms. The van der Waals surface area contributed by atoms with E-state index in [1.807, 2.05) is 48.9 Å². The van der Waals surface area contributed by atoms with Crippen LogP contribution in [0.2, 0.25) is 0 Å². The maximum atomic E-state index is 14.6. The number of nitrogens with zero attached hydrogens (tertiary/aromatic N) is 5. The van der Waals surface area contributed by atoms with Gasteiger partial charge in [0.25, 0.3) is 0 Å². The Labute approximate surface area is 217 Å². The Bertz CT molecular complexity index is 1680. The van der Waals surface area contributed by atoms with Gasteiger partial charge in [0.2, 0.25) is 0 Å². The molecule has 0 amide bonds. The molecule has 9 heteroatoms. The molecule has 0 unspecified atom stereocenters. The summed E-state index contributed by atoms with van der Waals surface area (Å²) in [4.78, 5) is 22.0. The summed E-state index contributed by atoms with van der Waals surface area (Å²) in [6.45, 7) is 7.63. The van der Waals surface area contributed by atoms with E-state index in [-0.39, 0.29) is 16.6 Å². The maximum absolute atomic E-state index is 14.6. The van der Waals surface area contributed by atoms with E-state index in [2.05, 4.69) is 11.9 Å². The van der Waals surface area contributed by atoms with Crippen molar-refractivity contribution in [3.8, 4) is 17.1 Å². The van der Waals surface area contributed by atoms with Crippen LogP contribution in [0.4, 0.5) is 4.39 Å². The molecular weight excluding hydrogens is 489 g/mol. The third kappa shape index (κ3) is 4.18. The fraction of sp³-hybridized carbons (Fsp3) is 0.286. The van der Waals surface area contributed by atoms with Gasteiger partial charge in [-0.05, 0) is 36.6 Å². The number of aromatic nitrogens is 5. The molecule has 0 radical (unpaired) electrons. The third-order valence-corrected chi connectivity index (χ3v) is 7.76. The van der Waals surface area contributed by atoms with Crippen LogP contribution in [-0.2, 0) is 24.3 Å². The van der Waals surface area contributed by atoms with Crippen molar-refractivity contribution in [2.24, 2.45) is 0 Å². The maximum Gasteiger partial charge on any atom is 0.309 e. The highest BCUT2D eigenvalue weighted by molar-refractivity contribution is 7.16. The molecule has 2 aromatic carbocycles. The van der Waals surface area contributed by atoms with Gasteiger partial charge in [0.05, 0.1) is 42.0 Å². The summed E-state index contributed by atoms with van der Waals surface area (Å²) in [7, 11) is 0. The predicted molar refractivity (Wildman–Crippen MR) is 142 cm³/mol. The lowest BCUT2D eigenvalue weighted by molar-refractivity contribution is 0.110. The zero-order valence-electron chi connectivity index (χ0n) is 20.9. The van der Waals surface area contributed by atoms with E-state index in [4.69, 9.17) is 14.8 Å². The van der Waals surface area contributed by atoms with E-state index < -0.39 is 0 Å². The molecule has 0 fully saturated rings. The first-order chi connectivity index (χ1) is 17.9. The molecule has 188 valence electrons. The van der Waals surface area contributed by atoms with Gasteiger partial charge < -0.3 is 4.74 Å². The minimum absolute atomic E-state index is 0.0322. The molecule has 0 N–H and O–H groups in total. The lowest BCUT2D eigenvalue weighted by Gasteiger charge is -2.13. The molecule has 0 aliphatic carbocycles. The molecule has 4 heterocycles. The van der Waals surface area contributed by atoms with Gasteiger partial charge in [0, 0.05) is 28.8 Å². The molecule has 1 aliphatic rings. The van der Waals surface area contributed by atoms with E-state index in [0.717, 1.165) is 40.4 Å². The number of hydrogen-bond donors (Lipinski definition) is 0. The number of benzene rings is 2. The van der Waals surface area contributed by atoms with E-state index in [9.17, 15) is 9.18 Å². The number of rotatable bonds is 5. The minimum Gasteiger partial charge on any atom is -0.376 e. The lowest BCUT2D eigenvalue weighted by atomic mass is 9.96. The quantitative estimate of drug-likeness (QED) is 0.313. The second kappa shape index (κ2) is 9.32. The van der Waals surface area contributed by atoms with Crippen LogP contribution in [0, 0.1) is 12.7 Å². The van der Waals surface area contributed by atoms with Crippen molar-refractivity contribution in [2.75, 3.05) is 6.61 Å². The van der Waals surface area contributed by atoms with Gasteiger partial charge in [-0.15, -0.1) is 0 Å². The summed E-state index contributed by atoms with van der Waals surface area (Å²) in [5.41, 5.74) is 7.06. The fourth-order valence-electron chi connectivity index (χ4n) is 4.95. The first-order valence-corrected chi connectivity index (χ1v) is 13.1. The lowest BCUT2D eigenvalue weighted by Crippen LogP contribution is -2.14. The molecule has 3 aromatic heterocycles. The van der Waals surface area contributed by atoms with Gasteiger partial charge in [-0.1, -0.05) is 49.4 Å². The summed E-state index contributed by atoms with van der Waals surface area (Å²) >= 11 is 1.12. The standard InChI is InChI=1S/C28H26FN5O2S/c1-16(2)25-20(5-4-6-22(25)29)26-30-13-24-27(31-26)33(28(35)37-24)14-18-7-9-19(10-8-18)34-17(3)21-15-36-12-11-23(21)32-34/h4-10,13,16H,11-12,14-15H2,1-3H3. The SMILES string of the molecule is Cc1c2c(nn1-c1ccc(Cn3c(=O)sc4cnc(-c5cccc(F)c5C(C)C)nc43)cc1)CCOC2. The molecule has 7 nitrogen and oxygen atoms in total. The van der Waals surface area contributed by atoms with Crippen molar-refractivity contribution in [1.82, 2.24) is 24.3 Å². The Morgan fingerprint density at radius 2 is 1.97 bits per heavy atom.